The summed E-state index contributed by atoms with van der Waals surface area (Å²) in [6.07, 6.45) is 0. The summed E-state index contributed by atoms with van der Waals surface area (Å²) in [6.45, 7) is 3.68. The summed E-state index contributed by atoms with van der Waals surface area (Å²) in [5.74, 6) is -0.190. The SMILES string of the molecule is CC(C)C(CO)Nc1ccc(C(=O)N(C)C)cc1[N+](=O)[O-]. The van der Waals surface area contributed by atoms with Crippen molar-refractivity contribution in [2.45, 2.75) is 19.9 Å². The molecule has 21 heavy (non-hydrogen) atoms. The van der Waals surface area contributed by atoms with Gasteiger partial charge in [0.15, 0.2) is 0 Å². The molecule has 2 N–H and O–H groups in total. The second-order valence-electron chi connectivity index (χ2n) is 5.37. The van der Waals surface area contributed by atoms with E-state index in [2.05, 4.69) is 5.32 Å². The van der Waals surface area contributed by atoms with Gasteiger partial charge in [0, 0.05) is 25.7 Å². The monoisotopic (exact) mass is 295 g/mol. The van der Waals surface area contributed by atoms with Crippen LogP contribution in [-0.4, -0.2) is 47.6 Å². The molecule has 1 atom stereocenters. The van der Waals surface area contributed by atoms with E-state index in [1.165, 1.54) is 23.1 Å². The highest BCUT2D eigenvalue weighted by atomic mass is 16.6. The Balaban J connectivity index is 3.16. The maximum absolute atomic E-state index is 11.9. The number of nitro benzene ring substituents is 1. The number of hydrogen-bond donors (Lipinski definition) is 2. The Morgan fingerprint density at radius 2 is 2.05 bits per heavy atom. The van der Waals surface area contributed by atoms with Crippen molar-refractivity contribution in [2.24, 2.45) is 5.92 Å². The van der Waals surface area contributed by atoms with Crippen molar-refractivity contribution in [1.82, 2.24) is 4.90 Å². The highest BCUT2D eigenvalue weighted by Crippen LogP contribution is 2.27. The summed E-state index contributed by atoms with van der Waals surface area (Å²) in [4.78, 5) is 23.9. The predicted octanol–water partition coefficient (Wildman–Crippen LogP) is 1.73. The molecule has 0 saturated carbocycles. The fraction of sp³-hybridized carbons (Fsp3) is 0.500. The largest absolute Gasteiger partial charge is 0.394 e. The summed E-state index contributed by atoms with van der Waals surface area (Å²) in [5.41, 5.74) is 0.368. The van der Waals surface area contributed by atoms with Gasteiger partial charge < -0.3 is 15.3 Å². The van der Waals surface area contributed by atoms with E-state index >= 15 is 0 Å². The smallest absolute Gasteiger partial charge is 0.293 e. The van der Waals surface area contributed by atoms with Gasteiger partial charge >= 0.3 is 0 Å². The molecule has 0 aromatic heterocycles. The van der Waals surface area contributed by atoms with Crippen LogP contribution in [0.1, 0.15) is 24.2 Å². The van der Waals surface area contributed by atoms with Gasteiger partial charge in [-0.3, -0.25) is 14.9 Å². The Morgan fingerprint density at radius 1 is 1.43 bits per heavy atom. The van der Waals surface area contributed by atoms with Crippen molar-refractivity contribution in [3.05, 3.63) is 33.9 Å². The molecule has 1 amide bonds. The van der Waals surface area contributed by atoms with Crippen molar-refractivity contribution in [2.75, 3.05) is 26.0 Å². The average molecular weight is 295 g/mol. The molecule has 1 aromatic carbocycles. The van der Waals surface area contributed by atoms with Crippen LogP contribution in [-0.2, 0) is 0 Å². The van der Waals surface area contributed by atoms with Crippen LogP contribution >= 0.6 is 0 Å². The predicted molar refractivity (Wildman–Crippen MR) is 80.4 cm³/mol. The molecule has 1 unspecified atom stereocenters. The van der Waals surface area contributed by atoms with E-state index in [0.717, 1.165) is 0 Å². The molecule has 0 radical (unpaired) electrons. The van der Waals surface area contributed by atoms with Crippen LogP contribution in [0.2, 0.25) is 0 Å². The zero-order valence-corrected chi connectivity index (χ0v) is 12.7. The van der Waals surface area contributed by atoms with E-state index in [0.29, 0.717) is 5.69 Å². The lowest BCUT2D eigenvalue weighted by Crippen LogP contribution is -2.29. The topological polar surface area (TPSA) is 95.7 Å². The third kappa shape index (κ3) is 4.16. The number of nitrogens with one attached hydrogen (secondary N) is 1. The van der Waals surface area contributed by atoms with Crippen LogP contribution in [0.25, 0.3) is 0 Å². The van der Waals surface area contributed by atoms with Crippen molar-refractivity contribution in [1.29, 1.82) is 0 Å². The maximum atomic E-state index is 11.9. The molecular weight excluding hydrogens is 274 g/mol. The second kappa shape index (κ2) is 7.03. The molecule has 0 spiro atoms. The van der Waals surface area contributed by atoms with Gasteiger partial charge in [-0.15, -0.1) is 0 Å². The van der Waals surface area contributed by atoms with Crippen molar-refractivity contribution in [3.63, 3.8) is 0 Å². The maximum Gasteiger partial charge on any atom is 0.293 e. The minimum atomic E-state index is -0.538. The zero-order valence-electron chi connectivity index (χ0n) is 12.7. The number of amides is 1. The van der Waals surface area contributed by atoms with Crippen molar-refractivity contribution >= 4 is 17.3 Å². The fourth-order valence-electron chi connectivity index (χ4n) is 1.82. The molecule has 7 heteroatoms. The third-order valence-electron chi connectivity index (χ3n) is 3.19. The van der Waals surface area contributed by atoms with E-state index < -0.39 is 4.92 Å². The van der Waals surface area contributed by atoms with E-state index in [1.54, 1.807) is 14.1 Å². The molecule has 7 nitrogen and oxygen atoms in total. The highest BCUT2D eigenvalue weighted by Gasteiger charge is 2.21. The Kier molecular flexibility index (Phi) is 5.66. The molecule has 0 aliphatic rings. The summed E-state index contributed by atoms with van der Waals surface area (Å²) in [5, 5.41) is 23.5. The van der Waals surface area contributed by atoms with Gasteiger partial charge in [-0.1, -0.05) is 13.8 Å². The lowest BCUT2D eigenvalue weighted by Gasteiger charge is -2.21. The van der Waals surface area contributed by atoms with Gasteiger partial charge in [0.05, 0.1) is 17.6 Å². The Labute approximate surface area is 123 Å². The fourth-order valence-corrected chi connectivity index (χ4v) is 1.82. The summed E-state index contributed by atoms with van der Waals surface area (Å²) in [7, 11) is 3.17. The molecule has 0 fully saturated rings. The van der Waals surface area contributed by atoms with Gasteiger partial charge in [-0.25, -0.2) is 0 Å². The van der Waals surface area contributed by atoms with Crippen LogP contribution in [0.15, 0.2) is 18.2 Å². The minimum absolute atomic E-state index is 0.109. The average Bonchev–Trinajstić information content (AvgIpc) is 2.43. The number of nitro groups is 1. The van der Waals surface area contributed by atoms with Crippen LogP contribution in [0.5, 0.6) is 0 Å². The first-order chi connectivity index (χ1) is 9.77. The van der Waals surface area contributed by atoms with Gasteiger partial charge in [0.25, 0.3) is 11.6 Å². The zero-order chi connectivity index (χ0) is 16.2. The van der Waals surface area contributed by atoms with Crippen LogP contribution in [0.3, 0.4) is 0 Å². The molecule has 0 heterocycles. The number of carbonyl (C=O) groups is 1. The first-order valence-corrected chi connectivity index (χ1v) is 6.65. The normalized spacial score (nSPS) is 12.1. The standard InChI is InChI=1S/C14H21N3O4/c1-9(2)12(8-18)15-11-6-5-10(14(19)16(3)4)7-13(11)17(20)21/h5-7,9,12,15,18H,8H2,1-4H3. The first-order valence-electron chi connectivity index (χ1n) is 6.65. The molecular formula is C14H21N3O4. The van der Waals surface area contributed by atoms with Gasteiger partial charge in [-0.05, 0) is 18.1 Å². The van der Waals surface area contributed by atoms with Gasteiger partial charge in [-0.2, -0.15) is 0 Å². The third-order valence-corrected chi connectivity index (χ3v) is 3.19. The van der Waals surface area contributed by atoms with Crippen LogP contribution < -0.4 is 5.32 Å². The number of rotatable bonds is 6. The lowest BCUT2D eigenvalue weighted by molar-refractivity contribution is -0.384. The number of aliphatic hydroxyl groups is 1. The Bertz CT molecular complexity index is 529. The van der Waals surface area contributed by atoms with E-state index in [9.17, 15) is 20.0 Å². The number of nitrogens with zero attached hydrogens (tertiary/aromatic N) is 2. The van der Waals surface area contributed by atoms with Gasteiger partial charge in [0.1, 0.15) is 5.69 Å². The quantitative estimate of drug-likeness (QED) is 0.615. The van der Waals surface area contributed by atoms with E-state index in [-0.39, 0.29) is 35.7 Å². The molecule has 0 aliphatic carbocycles. The van der Waals surface area contributed by atoms with Crippen LogP contribution in [0.4, 0.5) is 11.4 Å². The highest BCUT2D eigenvalue weighted by molar-refractivity contribution is 5.95. The number of hydrogen-bond acceptors (Lipinski definition) is 5. The number of benzene rings is 1. The Morgan fingerprint density at radius 3 is 2.48 bits per heavy atom. The first kappa shape index (κ1) is 16.9. The summed E-state index contributed by atoms with van der Waals surface area (Å²) < 4.78 is 0. The van der Waals surface area contributed by atoms with Crippen LogP contribution in [0, 0.1) is 16.0 Å². The van der Waals surface area contributed by atoms with Crippen molar-refractivity contribution < 1.29 is 14.8 Å². The second-order valence-corrected chi connectivity index (χ2v) is 5.37. The Hall–Kier alpha value is -2.15. The lowest BCUT2D eigenvalue weighted by atomic mass is 10.0. The summed E-state index contributed by atoms with van der Waals surface area (Å²) >= 11 is 0. The van der Waals surface area contributed by atoms with Crippen molar-refractivity contribution in [3.8, 4) is 0 Å². The number of carbonyl (C=O) groups excluding carboxylic acids is 1. The molecule has 0 aliphatic heterocycles. The number of aliphatic hydroxyl groups excluding tert-OH is 1. The molecule has 0 saturated heterocycles. The minimum Gasteiger partial charge on any atom is -0.394 e. The molecule has 1 aromatic rings. The molecule has 1 rings (SSSR count). The van der Waals surface area contributed by atoms with Gasteiger partial charge in [0.2, 0.25) is 0 Å². The van der Waals surface area contributed by atoms with E-state index in [1.807, 2.05) is 13.8 Å². The molecule has 116 valence electrons. The van der Waals surface area contributed by atoms with E-state index in [4.69, 9.17) is 0 Å². The summed E-state index contributed by atoms with van der Waals surface area (Å²) in [6, 6.07) is 3.99. The number of anilines is 1. The molecule has 0 bridgehead atoms.